The number of nitro benzene ring substituents is 1. The summed E-state index contributed by atoms with van der Waals surface area (Å²) < 4.78 is 12.0. The number of nitrogens with one attached hydrogen (secondary N) is 1. The van der Waals surface area contributed by atoms with Crippen LogP contribution >= 0.6 is 0 Å². The molecule has 39 heavy (non-hydrogen) atoms. The van der Waals surface area contributed by atoms with E-state index in [1.165, 1.54) is 24.3 Å². The lowest BCUT2D eigenvalue weighted by Gasteiger charge is -2.26. The highest BCUT2D eigenvalue weighted by Crippen LogP contribution is 2.36. The fourth-order valence-corrected chi connectivity index (χ4v) is 4.03. The van der Waals surface area contributed by atoms with Crippen molar-refractivity contribution in [3.63, 3.8) is 0 Å². The van der Waals surface area contributed by atoms with E-state index in [1.807, 2.05) is 37.3 Å². The van der Waals surface area contributed by atoms with Gasteiger partial charge in [0.1, 0.15) is 12.2 Å². The van der Waals surface area contributed by atoms with Gasteiger partial charge in [-0.05, 0) is 48.7 Å². The number of hydrogen-bond acceptors (Lipinski definition) is 7. The van der Waals surface area contributed by atoms with Crippen LogP contribution < -0.4 is 19.7 Å². The van der Waals surface area contributed by atoms with E-state index in [0.717, 1.165) is 11.6 Å². The highest BCUT2D eigenvalue weighted by atomic mass is 16.6. The van der Waals surface area contributed by atoms with Gasteiger partial charge in [0.05, 0.1) is 17.2 Å². The van der Waals surface area contributed by atoms with Gasteiger partial charge in [0.25, 0.3) is 17.5 Å². The lowest BCUT2D eigenvalue weighted by atomic mass is 10.0. The number of allylic oxidation sites excluding steroid dienone is 1. The zero-order valence-corrected chi connectivity index (χ0v) is 21.1. The molecule has 3 aromatic rings. The predicted molar refractivity (Wildman–Crippen MR) is 144 cm³/mol. The van der Waals surface area contributed by atoms with Crippen molar-refractivity contribution in [3.8, 4) is 11.5 Å². The summed E-state index contributed by atoms with van der Waals surface area (Å²) in [6, 6.07) is 17.0. The second kappa shape index (κ2) is 11.9. The molecule has 0 unspecified atom stereocenters. The van der Waals surface area contributed by atoms with Crippen LogP contribution in [0.4, 0.5) is 16.2 Å². The van der Waals surface area contributed by atoms with Crippen molar-refractivity contribution < 1.29 is 28.8 Å². The van der Waals surface area contributed by atoms with Crippen LogP contribution in [0.25, 0.3) is 6.08 Å². The highest BCUT2D eigenvalue weighted by molar-refractivity contribution is 6.39. The number of rotatable bonds is 10. The Morgan fingerprint density at radius 3 is 2.49 bits per heavy atom. The molecule has 3 aromatic carbocycles. The largest absolute Gasteiger partial charge is 0.490 e. The number of non-ortho nitro benzene ring substituents is 1. The minimum absolute atomic E-state index is 0.0443. The maximum Gasteiger partial charge on any atom is 0.335 e. The fraction of sp³-hybridized carbons (Fsp3) is 0.138. The van der Waals surface area contributed by atoms with Gasteiger partial charge in [-0.25, -0.2) is 9.69 Å². The van der Waals surface area contributed by atoms with Crippen LogP contribution in [0.2, 0.25) is 0 Å². The van der Waals surface area contributed by atoms with Gasteiger partial charge in [-0.2, -0.15) is 0 Å². The molecule has 0 aromatic heterocycles. The van der Waals surface area contributed by atoms with Crippen molar-refractivity contribution in [1.82, 2.24) is 5.32 Å². The van der Waals surface area contributed by atoms with Crippen LogP contribution in [0.15, 0.2) is 85.0 Å². The molecule has 1 saturated heterocycles. The summed E-state index contributed by atoms with van der Waals surface area (Å²) in [6.45, 7) is 6.26. The van der Waals surface area contributed by atoms with Crippen molar-refractivity contribution in [2.45, 2.75) is 20.0 Å². The summed E-state index contributed by atoms with van der Waals surface area (Å²) in [5, 5.41) is 13.3. The van der Waals surface area contributed by atoms with E-state index < -0.39 is 22.8 Å². The van der Waals surface area contributed by atoms with Crippen LogP contribution in [0.5, 0.6) is 11.5 Å². The molecule has 10 heteroatoms. The number of nitro groups is 1. The number of hydrogen-bond donors (Lipinski definition) is 1. The summed E-state index contributed by atoms with van der Waals surface area (Å²) in [4.78, 5) is 49.8. The first-order valence-electron chi connectivity index (χ1n) is 12.1. The van der Waals surface area contributed by atoms with Gasteiger partial charge in [-0.15, -0.1) is 6.58 Å². The van der Waals surface area contributed by atoms with E-state index in [9.17, 15) is 24.5 Å². The van der Waals surface area contributed by atoms with E-state index in [1.54, 1.807) is 18.2 Å². The Bertz CT molecular complexity index is 1480. The summed E-state index contributed by atoms with van der Waals surface area (Å²) in [5.74, 6) is -0.887. The molecule has 10 nitrogen and oxygen atoms in total. The van der Waals surface area contributed by atoms with Crippen LogP contribution in [0.1, 0.15) is 23.6 Å². The first-order valence-corrected chi connectivity index (χ1v) is 12.1. The normalized spacial score (nSPS) is 14.2. The number of barbiturate groups is 1. The van der Waals surface area contributed by atoms with Gasteiger partial charge in [0, 0.05) is 17.7 Å². The molecule has 1 heterocycles. The third-order valence-electron chi connectivity index (χ3n) is 5.76. The smallest absolute Gasteiger partial charge is 0.335 e. The van der Waals surface area contributed by atoms with Gasteiger partial charge >= 0.3 is 6.03 Å². The van der Waals surface area contributed by atoms with Crippen LogP contribution in [-0.2, 0) is 22.6 Å². The minimum Gasteiger partial charge on any atom is -0.490 e. The topological polar surface area (TPSA) is 128 Å². The van der Waals surface area contributed by atoms with Gasteiger partial charge in [-0.3, -0.25) is 25.0 Å². The SMILES string of the molecule is C=CCc1cc(/C=C2\C(=O)NC(=O)N(c3cccc([N+](=O)[O-])c3)C2=O)cc(OCC)c1OCc1ccccc1. The van der Waals surface area contributed by atoms with E-state index in [0.29, 0.717) is 47.2 Å². The highest BCUT2D eigenvalue weighted by Gasteiger charge is 2.37. The molecule has 0 aliphatic carbocycles. The van der Waals surface area contributed by atoms with Crippen molar-refractivity contribution in [3.05, 3.63) is 112 Å². The van der Waals surface area contributed by atoms with Crippen LogP contribution in [-0.4, -0.2) is 29.4 Å². The molecule has 0 radical (unpaired) electrons. The molecule has 0 atom stereocenters. The number of anilines is 1. The Kier molecular flexibility index (Phi) is 8.15. The molecule has 4 amide bonds. The first kappa shape index (κ1) is 26.8. The maximum atomic E-state index is 13.3. The zero-order valence-electron chi connectivity index (χ0n) is 21.1. The third-order valence-corrected chi connectivity index (χ3v) is 5.76. The summed E-state index contributed by atoms with van der Waals surface area (Å²) in [5.41, 5.74) is 1.45. The van der Waals surface area contributed by atoms with Crippen molar-refractivity contribution >= 4 is 35.3 Å². The predicted octanol–water partition coefficient (Wildman–Crippen LogP) is 4.97. The standard InChI is InChI=1S/C29H25N3O7/c1-3-9-21-14-20(16-25(38-4-2)26(21)39-18-19-10-6-5-7-11-19)15-24-27(33)30-29(35)31(28(24)34)22-12-8-13-23(17-22)32(36)37/h3,5-8,10-17H,1,4,9,18H2,2H3,(H,30,33,35)/b24-15+. The molecule has 0 spiro atoms. The number of ether oxygens (including phenoxy) is 2. The van der Waals surface area contributed by atoms with E-state index in [4.69, 9.17) is 9.47 Å². The molecule has 1 aliphatic heterocycles. The number of carbonyl (C=O) groups excluding carboxylic acids is 3. The van der Waals surface area contributed by atoms with Crippen molar-refractivity contribution in [1.29, 1.82) is 0 Å². The Balaban J connectivity index is 1.73. The summed E-state index contributed by atoms with van der Waals surface area (Å²) >= 11 is 0. The zero-order chi connectivity index (χ0) is 27.9. The molecule has 198 valence electrons. The van der Waals surface area contributed by atoms with Gasteiger partial charge in [0.15, 0.2) is 11.5 Å². The molecule has 0 bridgehead atoms. The average Bonchev–Trinajstić information content (AvgIpc) is 2.91. The first-order chi connectivity index (χ1) is 18.8. The quantitative estimate of drug-likeness (QED) is 0.130. The monoisotopic (exact) mass is 527 g/mol. The second-order valence-corrected chi connectivity index (χ2v) is 8.44. The molecule has 1 aliphatic rings. The average molecular weight is 528 g/mol. The number of urea groups is 1. The van der Waals surface area contributed by atoms with E-state index >= 15 is 0 Å². The molecule has 4 rings (SSSR count). The number of nitrogens with zero attached hydrogens (tertiary/aromatic N) is 2. The molecule has 1 N–H and O–H groups in total. The maximum absolute atomic E-state index is 13.3. The van der Waals surface area contributed by atoms with Gasteiger partial charge in [0.2, 0.25) is 0 Å². The second-order valence-electron chi connectivity index (χ2n) is 8.44. The van der Waals surface area contributed by atoms with Gasteiger partial charge < -0.3 is 9.47 Å². The van der Waals surface area contributed by atoms with Crippen LogP contribution in [0, 0.1) is 10.1 Å². The lowest BCUT2D eigenvalue weighted by Crippen LogP contribution is -2.54. The number of imide groups is 2. The Hall–Kier alpha value is -5.25. The minimum atomic E-state index is -1.00. The molecule has 1 fully saturated rings. The third kappa shape index (κ3) is 6.02. The number of carbonyl (C=O) groups is 3. The molecular weight excluding hydrogens is 502 g/mol. The van der Waals surface area contributed by atoms with Crippen molar-refractivity contribution in [2.75, 3.05) is 11.5 Å². The van der Waals surface area contributed by atoms with E-state index in [-0.39, 0.29) is 16.9 Å². The summed E-state index contributed by atoms with van der Waals surface area (Å²) in [7, 11) is 0. The summed E-state index contributed by atoms with van der Waals surface area (Å²) in [6.07, 6.45) is 3.45. The Morgan fingerprint density at radius 2 is 1.79 bits per heavy atom. The van der Waals surface area contributed by atoms with Gasteiger partial charge in [-0.1, -0.05) is 42.5 Å². The van der Waals surface area contributed by atoms with Crippen LogP contribution in [0.3, 0.4) is 0 Å². The number of benzene rings is 3. The molecule has 0 saturated carbocycles. The Labute approximate surface area is 224 Å². The Morgan fingerprint density at radius 1 is 1.03 bits per heavy atom. The lowest BCUT2D eigenvalue weighted by molar-refractivity contribution is -0.384. The number of amides is 4. The molecular formula is C29H25N3O7. The van der Waals surface area contributed by atoms with Crippen molar-refractivity contribution in [2.24, 2.45) is 0 Å². The fourth-order valence-electron chi connectivity index (χ4n) is 4.03. The van der Waals surface area contributed by atoms with E-state index in [2.05, 4.69) is 11.9 Å².